The number of benzene rings is 1. The van der Waals surface area contributed by atoms with Gasteiger partial charge in [-0.25, -0.2) is 4.79 Å². The molecule has 0 bridgehead atoms. The van der Waals surface area contributed by atoms with E-state index in [2.05, 4.69) is 10.2 Å². The van der Waals surface area contributed by atoms with Crippen molar-refractivity contribution in [2.75, 3.05) is 6.54 Å². The molecule has 150 valence electrons. The first kappa shape index (κ1) is 19.4. The predicted octanol–water partition coefficient (Wildman–Crippen LogP) is 4.35. The van der Waals surface area contributed by atoms with E-state index in [1.54, 1.807) is 31.1 Å². The van der Waals surface area contributed by atoms with Crippen LogP contribution in [-0.2, 0) is 14.9 Å². The van der Waals surface area contributed by atoms with E-state index in [1.165, 1.54) is 11.3 Å². The number of esters is 1. The lowest BCUT2D eigenvalue weighted by molar-refractivity contribution is -0.140. The van der Waals surface area contributed by atoms with Crippen molar-refractivity contribution < 1.29 is 14.3 Å². The number of carbonyl (C=O) groups excluding carboxylic acids is 2. The van der Waals surface area contributed by atoms with E-state index in [9.17, 15) is 9.59 Å². The van der Waals surface area contributed by atoms with E-state index in [-0.39, 0.29) is 12.0 Å². The molecule has 0 aliphatic carbocycles. The molecule has 7 heteroatoms. The van der Waals surface area contributed by atoms with Crippen LogP contribution >= 0.6 is 11.3 Å². The van der Waals surface area contributed by atoms with Gasteiger partial charge in [-0.05, 0) is 31.4 Å². The van der Waals surface area contributed by atoms with Crippen LogP contribution in [0, 0.1) is 0 Å². The Labute approximate surface area is 173 Å². The predicted molar refractivity (Wildman–Crippen MR) is 114 cm³/mol. The highest BCUT2D eigenvalue weighted by molar-refractivity contribution is 7.20. The van der Waals surface area contributed by atoms with Gasteiger partial charge in [-0.2, -0.15) is 5.10 Å². The van der Waals surface area contributed by atoms with Crippen molar-refractivity contribution in [3.63, 3.8) is 0 Å². The van der Waals surface area contributed by atoms with E-state index in [0.29, 0.717) is 22.7 Å². The van der Waals surface area contributed by atoms with Crippen LogP contribution in [0.2, 0.25) is 0 Å². The summed E-state index contributed by atoms with van der Waals surface area (Å²) in [6, 6.07) is 9.81. The van der Waals surface area contributed by atoms with Crippen LogP contribution in [0.1, 0.15) is 48.6 Å². The van der Waals surface area contributed by atoms with E-state index < -0.39 is 11.4 Å². The zero-order chi connectivity index (χ0) is 20.8. The van der Waals surface area contributed by atoms with E-state index in [0.717, 1.165) is 15.6 Å². The second kappa shape index (κ2) is 7.15. The number of fused-ring (bicyclic) bond motifs is 2. The van der Waals surface area contributed by atoms with Gasteiger partial charge in [0.25, 0.3) is 5.91 Å². The summed E-state index contributed by atoms with van der Waals surface area (Å²) in [6.45, 7) is 8.10. The van der Waals surface area contributed by atoms with Crippen LogP contribution in [0.3, 0.4) is 0 Å². The van der Waals surface area contributed by atoms with Gasteiger partial charge in [-0.15, -0.1) is 11.3 Å². The van der Waals surface area contributed by atoms with Crippen LogP contribution in [0.15, 0.2) is 42.7 Å². The average molecular weight is 410 g/mol. The summed E-state index contributed by atoms with van der Waals surface area (Å²) in [4.78, 5) is 28.4. The van der Waals surface area contributed by atoms with Crippen molar-refractivity contribution in [1.29, 1.82) is 0 Å². The van der Waals surface area contributed by atoms with Gasteiger partial charge in [0.1, 0.15) is 5.57 Å². The number of hydrogen-bond acceptors (Lipinski definition) is 5. The lowest BCUT2D eigenvalue weighted by atomic mass is 9.84. The fourth-order valence-corrected chi connectivity index (χ4v) is 4.59. The van der Waals surface area contributed by atoms with Gasteiger partial charge in [-0.1, -0.05) is 32.0 Å². The van der Waals surface area contributed by atoms with Gasteiger partial charge in [0.2, 0.25) is 0 Å². The van der Waals surface area contributed by atoms with Crippen LogP contribution in [0.4, 0.5) is 0 Å². The van der Waals surface area contributed by atoms with Gasteiger partial charge in [0.05, 0.1) is 22.9 Å². The van der Waals surface area contributed by atoms with E-state index >= 15 is 0 Å². The molecule has 0 spiro atoms. The topological polar surface area (TPSA) is 75.3 Å². The molecule has 0 saturated carbocycles. The molecule has 0 saturated heterocycles. The SMILES string of the molecule is CC(C)OC(=O)C1=CN(C(=O)c2cc3ccccc3s2)CC(C)(C)c2cn[nH]c21. The van der Waals surface area contributed by atoms with Gasteiger partial charge < -0.3 is 9.64 Å². The maximum Gasteiger partial charge on any atom is 0.342 e. The first-order chi connectivity index (χ1) is 13.8. The molecule has 3 aromatic rings. The van der Waals surface area contributed by atoms with Crippen LogP contribution in [0.25, 0.3) is 15.7 Å². The Kier molecular flexibility index (Phi) is 4.78. The van der Waals surface area contributed by atoms with Gasteiger partial charge in [0.15, 0.2) is 0 Å². The largest absolute Gasteiger partial charge is 0.459 e. The molecule has 1 aliphatic heterocycles. The van der Waals surface area contributed by atoms with Crippen LogP contribution in [-0.4, -0.2) is 39.6 Å². The maximum atomic E-state index is 13.4. The molecule has 0 atom stereocenters. The number of rotatable bonds is 3. The molecule has 4 rings (SSSR count). The number of amides is 1. The Morgan fingerprint density at radius 1 is 1.28 bits per heavy atom. The van der Waals surface area contributed by atoms with Crippen molar-refractivity contribution in [2.45, 2.75) is 39.2 Å². The highest BCUT2D eigenvalue weighted by Gasteiger charge is 2.36. The van der Waals surface area contributed by atoms with Gasteiger partial charge >= 0.3 is 5.97 Å². The van der Waals surface area contributed by atoms with Crippen molar-refractivity contribution in [3.8, 4) is 0 Å². The Morgan fingerprint density at radius 3 is 2.76 bits per heavy atom. The van der Waals surface area contributed by atoms with Crippen molar-refractivity contribution in [3.05, 3.63) is 58.9 Å². The summed E-state index contributed by atoms with van der Waals surface area (Å²) in [5, 5.41) is 8.09. The van der Waals surface area contributed by atoms with Gasteiger partial charge in [0, 0.05) is 28.4 Å². The van der Waals surface area contributed by atoms with Crippen molar-refractivity contribution in [2.24, 2.45) is 0 Å². The third kappa shape index (κ3) is 3.58. The third-order valence-electron chi connectivity index (χ3n) is 4.95. The summed E-state index contributed by atoms with van der Waals surface area (Å²) in [5.74, 6) is -0.607. The number of nitrogens with one attached hydrogen (secondary N) is 1. The lowest BCUT2D eigenvalue weighted by Gasteiger charge is -2.28. The van der Waals surface area contributed by atoms with E-state index in [1.807, 2.05) is 44.2 Å². The molecule has 1 aromatic carbocycles. The first-order valence-corrected chi connectivity index (χ1v) is 10.3. The summed E-state index contributed by atoms with van der Waals surface area (Å²) in [6.07, 6.45) is 3.06. The zero-order valence-corrected chi connectivity index (χ0v) is 17.7. The molecule has 2 aromatic heterocycles. The fraction of sp³-hybridized carbons (Fsp3) is 0.318. The minimum absolute atomic E-state index is 0.132. The monoisotopic (exact) mass is 409 g/mol. The Morgan fingerprint density at radius 2 is 2.03 bits per heavy atom. The zero-order valence-electron chi connectivity index (χ0n) is 16.9. The molecule has 6 nitrogen and oxygen atoms in total. The van der Waals surface area contributed by atoms with Crippen LogP contribution in [0.5, 0.6) is 0 Å². The highest BCUT2D eigenvalue weighted by atomic mass is 32.1. The summed E-state index contributed by atoms with van der Waals surface area (Å²) in [5.41, 5.74) is 1.40. The van der Waals surface area contributed by atoms with Crippen molar-refractivity contribution >= 4 is 38.9 Å². The molecule has 0 fully saturated rings. The third-order valence-corrected chi connectivity index (χ3v) is 6.05. The molecule has 0 radical (unpaired) electrons. The number of carbonyl (C=O) groups is 2. The maximum absolute atomic E-state index is 13.4. The highest BCUT2D eigenvalue weighted by Crippen LogP contribution is 2.36. The number of aromatic nitrogens is 2. The second-order valence-corrected chi connectivity index (χ2v) is 9.20. The molecular formula is C22H23N3O3S. The van der Waals surface area contributed by atoms with Gasteiger partial charge in [-0.3, -0.25) is 9.89 Å². The summed E-state index contributed by atoms with van der Waals surface area (Å²) in [7, 11) is 0. The molecule has 1 amide bonds. The Hall–Kier alpha value is -2.93. The Bertz CT molecular complexity index is 1090. The molecule has 1 N–H and O–H groups in total. The number of ether oxygens (including phenoxy) is 1. The van der Waals surface area contributed by atoms with Crippen molar-refractivity contribution in [1.82, 2.24) is 15.1 Å². The first-order valence-electron chi connectivity index (χ1n) is 9.53. The average Bonchev–Trinajstić information content (AvgIpc) is 3.28. The minimum atomic E-state index is -0.475. The number of H-pyrrole nitrogens is 1. The minimum Gasteiger partial charge on any atom is -0.459 e. The number of aromatic amines is 1. The molecular weight excluding hydrogens is 386 g/mol. The molecule has 1 aliphatic rings. The Balaban J connectivity index is 1.78. The number of nitrogens with zero attached hydrogens (tertiary/aromatic N) is 2. The van der Waals surface area contributed by atoms with E-state index in [4.69, 9.17) is 4.74 Å². The number of hydrogen-bond donors (Lipinski definition) is 1. The second-order valence-electron chi connectivity index (χ2n) is 8.12. The standard InChI is InChI=1S/C22H23N3O3S/c1-13(2)28-21(27)15-11-25(12-22(3,4)16-10-23-24-19(15)16)20(26)18-9-14-7-5-6-8-17(14)29-18/h5-11,13H,12H2,1-4H3,(H,23,24). The summed E-state index contributed by atoms with van der Waals surface area (Å²) >= 11 is 1.46. The molecule has 29 heavy (non-hydrogen) atoms. The number of thiophene rings is 1. The molecule has 3 heterocycles. The quantitative estimate of drug-likeness (QED) is 0.653. The van der Waals surface area contributed by atoms with Crippen LogP contribution < -0.4 is 0 Å². The lowest BCUT2D eigenvalue weighted by Crippen LogP contribution is -2.36. The molecule has 0 unspecified atom stereocenters. The smallest absolute Gasteiger partial charge is 0.342 e. The fourth-order valence-electron chi connectivity index (χ4n) is 3.57. The normalized spacial score (nSPS) is 15.8. The summed E-state index contributed by atoms with van der Waals surface area (Å²) < 4.78 is 6.49.